The van der Waals surface area contributed by atoms with Crippen LogP contribution < -0.4 is 10.6 Å². The zero-order valence-electron chi connectivity index (χ0n) is 14.4. The van der Waals surface area contributed by atoms with E-state index in [4.69, 9.17) is 0 Å². The number of urea groups is 1. The first-order chi connectivity index (χ1) is 11.7. The molecule has 1 aliphatic rings. The van der Waals surface area contributed by atoms with E-state index in [1.165, 1.54) is 6.92 Å². The lowest BCUT2D eigenvalue weighted by Gasteiger charge is -2.23. The Balaban J connectivity index is 2.19. The number of carbonyl (C=O) groups is 3. The zero-order valence-corrected chi connectivity index (χ0v) is 14.4. The molecule has 4 amide bonds. The topological polar surface area (TPSA) is 78.5 Å². The van der Waals surface area contributed by atoms with Gasteiger partial charge in [0.15, 0.2) is 0 Å². The summed E-state index contributed by atoms with van der Waals surface area (Å²) in [6, 6.07) is 1.75. The van der Waals surface area contributed by atoms with Gasteiger partial charge in [-0.3, -0.25) is 14.5 Å². The molecular weight excluding hydrogens is 332 g/mol. The minimum Gasteiger partial charge on any atom is -0.352 e. The number of hydrogen-bond donors (Lipinski definition) is 2. The van der Waals surface area contributed by atoms with Crippen LogP contribution in [0.5, 0.6) is 0 Å². The smallest absolute Gasteiger partial charge is 0.325 e. The number of imide groups is 1. The number of benzene rings is 1. The molecule has 0 bridgehead atoms. The summed E-state index contributed by atoms with van der Waals surface area (Å²) < 4.78 is 27.5. The fourth-order valence-electron chi connectivity index (χ4n) is 2.87. The predicted molar refractivity (Wildman–Crippen MR) is 86.5 cm³/mol. The summed E-state index contributed by atoms with van der Waals surface area (Å²) in [6.07, 6.45) is 1.64. The molecule has 2 unspecified atom stereocenters. The molecule has 0 aliphatic carbocycles. The Morgan fingerprint density at radius 3 is 2.68 bits per heavy atom. The van der Waals surface area contributed by atoms with Crippen molar-refractivity contribution in [3.63, 3.8) is 0 Å². The zero-order chi connectivity index (χ0) is 18.8. The second-order valence-electron chi connectivity index (χ2n) is 6.33. The highest BCUT2D eigenvalue weighted by molar-refractivity contribution is 6.09. The average Bonchev–Trinajstić information content (AvgIpc) is 2.74. The molecule has 2 N–H and O–H groups in total. The van der Waals surface area contributed by atoms with Gasteiger partial charge >= 0.3 is 6.03 Å². The van der Waals surface area contributed by atoms with E-state index in [9.17, 15) is 23.2 Å². The molecule has 0 radical (unpaired) electrons. The summed E-state index contributed by atoms with van der Waals surface area (Å²) >= 11 is 0. The molecule has 1 aromatic rings. The second kappa shape index (κ2) is 7.16. The number of carbonyl (C=O) groups excluding carboxylic acids is 3. The fourth-order valence-corrected chi connectivity index (χ4v) is 2.87. The number of nitrogens with zero attached hydrogens (tertiary/aromatic N) is 1. The molecule has 6 nitrogen and oxygen atoms in total. The van der Waals surface area contributed by atoms with Crippen molar-refractivity contribution in [3.05, 3.63) is 35.4 Å². The summed E-state index contributed by atoms with van der Waals surface area (Å²) in [7, 11) is 0. The Bertz CT molecular complexity index is 710. The van der Waals surface area contributed by atoms with Gasteiger partial charge in [0.25, 0.3) is 5.91 Å². The molecule has 0 saturated carbocycles. The molecule has 1 fully saturated rings. The molecular formula is C17H21F2N3O3. The first-order valence-electron chi connectivity index (χ1n) is 8.08. The number of nitrogens with one attached hydrogen (secondary N) is 2. The number of rotatable bonds is 6. The summed E-state index contributed by atoms with van der Waals surface area (Å²) in [5.41, 5.74) is -2.05. The van der Waals surface area contributed by atoms with Crippen LogP contribution in [0.1, 0.15) is 39.2 Å². The Hall–Kier alpha value is -2.51. The predicted octanol–water partition coefficient (Wildman–Crippen LogP) is 2.04. The molecule has 0 aromatic heterocycles. The van der Waals surface area contributed by atoms with E-state index >= 15 is 0 Å². The fraction of sp³-hybridized carbons (Fsp3) is 0.471. The van der Waals surface area contributed by atoms with E-state index in [0.717, 1.165) is 31.0 Å². The molecule has 0 spiro atoms. The molecule has 2 rings (SSSR count). The van der Waals surface area contributed by atoms with Crippen molar-refractivity contribution in [3.8, 4) is 0 Å². The Labute approximate surface area is 144 Å². The monoisotopic (exact) mass is 353 g/mol. The standard InChI is InChI=1S/C17H21F2N3O3/c1-4-5-10(2)20-14(23)9-22-15(24)17(3,21-16(22)25)12-8-11(18)6-7-13(12)19/h6-8,10H,4-5,9H2,1-3H3,(H,20,23)(H,21,25). The lowest BCUT2D eigenvalue weighted by molar-refractivity contribution is -0.135. The molecule has 1 saturated heterocycles. The number of halogens is 2. The SMILES string of the molecule is CCCC(C)NC(=O)CN1C(=O)NC(C)(c2cc(F)ccc2F)C1=O. The van der Waals surface area contributed by atoms with Crippen molar-refractivity contribution in [1.82, 2.24) is 15.5 Å². The Morgan fingerprint density at radius 2 is 2.04 bits per heavy atom. The normalized spacial score (nSPS) is 21.2. The van der Waals surface area contributed by atoms with Crippen LogP contribution >= 0.6 is 0 Å². The van der Waals surface area contributed by atoms with Crippen molar-refractivity contribution >= 4 is 17.8 Å². The molecule has 1 aromatic carbocycles. The summed E-state index contributed by atoms with van der Waals surface area (Å²) in [6.45, 7) is 4.59. The maximum absolute atomic E-state index is 14.0. The average molecular weight is 353 g/mol. The van der Waals surface area contributed by atoms with Crippen molar-refractivity contribution in [2.24, 2.45) is 0 Å². The molecule has 1 aliphatic heterocycles. The van der Waals surface area contributed by atoms with Crippen LogP contribution in [0.25, 0.3) is 0 Å². The van der Waals surface area contributed by atoms with E-state index in [1.807, 2.05) is 13.8 Å². The van der Waals surface area contributed by atoms with Crippen molar-refractivity contribution < 1.29 is 23.2 Å². The van der Waals surface area contributed by atoms with Crippen LogP contribution in [-0.2, 0) is 15.1 Å². The van der Waals surface area contributed by atoms with E-state index in [0.29, 0.717) is 4.90 Å². The molecule has 25 heavy (non-hydrogen) atoms. The van der Waals surface area contributed by atoms with Gasteiger partial charge in [-0.15, -0.1) is 0 Å². The van der Waals surface area contributed by atoms with Crippen LogP contribution in [0.4, 0.5) is 13.6 Å². The third kappa shape index (κ3) is 3.78. The highest BCUT2D eigenvalue weighted by Crippen LogP contribution is 2.31. The molecule has 136 valence electrons. The highest BCUT2D eigenvalue weighted by Gasteiger charge is 2.50. The van der Waals surface area contributed by atoms with E-state index in [2.05, 4.69) is 10.6 Å². The van der Waals surface area contributed by atoms with Crippen LogP contribution in [0.15, 0.2) is 18.2 Å². The van der Waals surface area contributed by atoms with Gasteiger partial charge in [0.1, 0.15) is 23.7 Å². The van der Waals surface area contributed by atoms with Gasteiger partial charge in [0.2, 0.25) is 5.91 Å². The second-order valence-corrected chi connectivity index (χ2v) is 6.33. The largest absolute Gasteiger partial charge is 0.352 e. The van der Waals surface area contributed by atoms with Gasteiger partial charge < -0.3 is 10.6 Å². The van der Waals surface area contributed by atoms with Crippen LogP contribution in [0.3, 0.4) is 0 Å². The van der Waals surface area contributed by atoms with Gasteiger partial charge in [-0.25, -0.2) is 13.6 Å². The first-order valence-corrected chi connectivity index (χ1v) is 8.08. The molecule has 1 heterocycles. The maximum atomic E-state index is 14.0. The molecule has 8 heteroatoms. The van der Waals surface area contributed by atoms with Gasteiger partial charge in [0, 0.05) is 11.6 Å². The molecule has 2 atom stereocenters. The summed E-state index contributed by atoms with van der Waals surface area (Å²) in [5, 5.41) is 5.04. The van der Waals surface area contributed by atoms with Gasteiger partial charge in [-0.1, -0.05) is 13.3 Å². The van der Waals surface area contributed by atoms with Gasteiger partial charge in [0.05, 0.1) is 0 Å². The third-order valence-electron chi connectivity index (χ3n) is 4.17. The van der Waals surface area contributed by atoms with Crippen molar-refractivity contribution in [2.45, 2.75) is 45.2 Å². The van der Waals surface area contributed by atoms with Crippen LogP contribution in [0.2, 0.25) is 0 Å². The van der Waals surface area contributed by atoms with E-state index < -0.39 is 41.6 Å². The van der Waals surface area contributed by atoms with Gasteiger partial charge in [-0.05, 0) is 38.5 Å². The van der Waals surface area contributed by atoms with Gasteiger partial charge in [-0.2, -0.15) is 0 Å². The third-order valence-corrected chi connectivity index (χ3v) is 4.17. The van der Waals surface area contributed by atoms with Crippen LogP contribution in [-0.4, -0.2) is 35.3 Å². The van der Waals surface area contributed by atoms with Crippen molar-refractivity contribution in [2.75, 3.05) is 6.54 Å². The highest BCUT2D eigenvalue weighted by atomic mass is 19.1. The lowest BCUT2D eigenvalue weighted by atomic mass is 9.91. The number of hydrogen-bond acceptors (Lipinski definition) is 3. The minimum absolute atomic E-state index is 0.0923. The quantitative estimate of drug-likeness (QED) is 0.768. The first kappa shape index (κ1) is 18.8. The summed E-state index contributed by atoms with van der Waals surface area (Å²) in [4.78, 5) is 37.5. The summed E-state index contributed by atoms with van der Waals surface area (Å²) in [5.74, 6) is -2.85. The van der Waals surface area contributed by atoms with E-state index in [1.54, 1.807) is 0 Å². The lowest BCUT2D eigenvalue weighted by Crippen LogP contribution is -2.45. The Kier molecular flexibility index (Phi) is 5.39. The van der Waals surface area contributed by atoms with Crippen LogP contribution in [0, 0.1) is 11.6 Å². The van der Waals surface area contributed by atoms with Crippen molar-refractivity contribution in [1.29, 1.82) is 0 Å². The number of amides is 4. The van der Waals surface area contributed by atoms with E-state index in [-0.39, 0.29) is 11.6 Å². The Morgan fingerprint density at radius 1 is 1.36 bits per heavy atom. The maximum Gasteiger partial charge on any atom is 0.325 e. The minimum atomic E-state index is -1.77.